The van der Waals surface area contributed by atoms with Crippen molar-refractivity contribution >= 4 is 17.4 Å². The number of ether oxygens (including phenoxy) is 1. The number of nitro groups is 1. The van der Waals surface area contributed by atoms with Crippen LogP contribution in [0.25, 0.3) is 0 Å². The van der Waals surface area contributed by atoms with Crippen molar-refractivity contribution in [3.05, 3.63) is 34.4 Å². The highest BCUT2D eigenvalue weighted by molar-refractivity contribution is 5.89. The van der Waals surface area contributed by atoms with Crippen molar-refractivity contribution < 1.29 is 14.5 Å². The summed E-state index contributed by atoms with van der Waals surface area (Å²) in [5.41, 5.74) is 0.413. The molecule has 0 bridgehead atoms. The van der Waals surface area contributed by atoms with Gasteiger partial charge in [-0.05, 0) is 31.9 Å². The van der Waals surface area contributed by atoms with Gasteiger partial charge in [0.05, 0.1) is 11.0 Å². The zero-order valence-electron chi connectivity index (χ0n) is 14.2. The van der Waals surface area contributed by atoms with Gasteiger partial charge in [-0.2, -0.15) is 0 Å². The Bertz CT molecular complexity index is 618. The van der Waals surface area contributed by atoms with Gasteiger partial charge in [-0.15, -0.1) is 0 Å². The molecule has 1 N–H and O–H groups in total. The van der Waals surface area contributed by atoms with Crippen molar-refractivity contribution in [2.24, 2.45) is 0 Å². The molecule has 0 radical (unpaired) electrons. The fourth-order valence-corrected chi connectivity index (χ4v) is 3.33. The van der Waals surface area contributed by atoms with Gasteiger partial charge in [0, 0.05) is 50.6 Å². The van der Waals surface area contributed by atoms with E-state index >= 15 is 0 Å². The predicted octanol–water partition coefficient (Wildman–Crippen LogP) is 2.31. The Balaban J connectivity index is 1.52. The molecule has 2 fully saturated rings. The molecule has 1 aromatic carbocycles. The SMILES string of the molecule is O=C(Nc1cccc([N+](=O)[O-])c1)N1CCCN(C[C@@H]2CCCO2)CC1. The van der Waals surface area contributed by atoms with Gasteiger partial charge in [-0.1, -0.05) is 6.07 Å². The molecule has 8 heteroatoms. The molecule has 2 saturated heterocycles. The first-order valence-corrected chi connectivity index (χ1v) is 8.76. The van der Waals surface area contributed by atoms with E-state index in [1.807, 2.05) is 0 Å². The van der Waals surface area contributed by atoms with Crippen molar-refractivity contribution in [3.8, 4) is 0 Å². The first-order chi connectivity index (χ1) is 12.1. The molecule has 2 amide bonds. The smallest absolute Gasteiger partial charge is 0.321 e. The molecule has 8 nitrogen and oxygen atoms in total. The maximum atomic E-state index is 12.5. The minimum Gasteiger partial charge on any atom is -0.377 e. The van der Waals surface area contributed by atoms with E-state index < -0.39 is 4.92 Å². The normalized spacial score (nSPS) is 21.8. The van der Waals surface area contributed by atoms with Gasteiger partial charge in [0.2, 0.25) is 0 Å². The number of carbonyl (C=O) groups excluding carboxylic acids is 1. The second kappa shape index (κ2) is 8.26. The fourth-order valence-electron chi connectivity index (χ4n) is 3.33. The highest BCUT2D eigenvalue weighted by Crippen LogP contribution is 2.18. The second-order valence-corrected chi connectivity index (χ2v) is 6.51. The quantitative estimate of drug-likeness (QED) is 0.666. The van der Waals surface area contributed by atoms with E-state index in [1.165, 1.54) is 12.1 Å². The molecule has 2 aliphatic heterocycles. The van der Waals surface area contributed by atoms with Gasteiger partial charge in [-0.25, -0.2) is 4.79 Å². The molecule has 0 saturated carbocycles. The zero-order chi connectivity index (χ0) is 17.6. The minimum absolute atomic E-state index is 0.0311. The van der Waals surface area contributed by atoms with Crippen molar-refractivity contribution in [1.29, 1.82) is 0 Å². The first kappa shape index (κ1) is 17.6. The van der Waals surface area contributed by atoms with E-state index in [4.69, 9.17) is 4.74 Å². The monoisotopic (exact) mass is 348 g/mol. The van der Waals surface area contributed by atoms with E-state index in [0.29, 0.717) is 24.9 Å². The van der Waals surface area contributed by atoms with Crippen molar-refractivity contribution in [1.82, 2.24) is 9.80 Å². The van der Waals surface area contributed by atoms with Crippen LogP contribution in [-0.2, 0) is 4.74 Å². The van der Waals surface area contributed by atoms with Crippen LogP contribution in [0.4, 0.5) is 16.2 Å². The molecule has 0 spiro atoms. The van der Waals surface area contributed by atoms with Crippen LogP contribution < -0.4 is 5.32 Å². The number of hydrogen-bond acceptors (Lipinski definition) is 5. The summed E-state index contributed by atoms with van der Waals surface area (Å²) in [5.74, 6) is 0. The number of hydrogen-bond donors (Lipinski definition) is 1. The third-order valence-electron chi connectivity index (χ3n) is 4.67. The van der Waals surface area contributed by atoms with E-state index in [2.05, 4.69) is 10.2 Å². The molecule has 1 aromatic rings. The Labute approximate surface area is 146 Å². The maximum Gasteiger partial charge on any atom is 0.321 e. The van der Waals surface area contributed by atoms with Crippen molar-refractivity contribution in [3.63, 3.8) is 0 Å². The largest absolute Gasteiger partial charge is 0.377 e. The first-order valence-electron chi connectivity index (χ1n) is 8.76. The van der Waals surface area contributed by atoms with Crippen LogP contribution in [-0.4, -0.2) is 66.2 Å². The Morgan fingerprint density at radius 1 is 1.28 bits per heavy atom. The Morgan fingerprint density at radius 3 is 2.92 bits per heavy atom. The van der Waals surface area contributed by atoms with E-state index in [0.717, 1.165) is 45.5 Å². The lowest BCUT2D eigenvalue weighted by Crippen LogP contribution is -2.39. The number of rotatable bonds is 4. The summed E-state index contributed by atoms with van der Waals surface area (Å²) < 4.78 is 5.69. The molecule has 1 atom stereocenters. The molecule has 2 aliphatic rings. The summed E-state index contributed by atoms with van der Waals surface area (Å²) in [6.07, 6.45) is 3.49. The zero-order valence-corrected chi connectivity index (χ0v) is 14.2. The second-order valence-electron chi connectivity index (χ2n) is 6.51. The predicted molar refractivity (Wildman–Crippen MR) is 93.7 cm³/mol. The summed E-state index contributed by atoms with van der Waals surface area (Å²) in [7, 11) is 0. The number of amides is 2. The Morgan fingerprint density at radius 2 is 2.16 bits per heavy atom. The molecule has 25 heavy (non-hydrogen) atoms. The van der Waals surface area contributed by atoms with Crippen LogP contribution in [0.2, 0.25) is 0 Å². The lowest BCUT2D eigenvalue weighted by molar-refractivity contribution is -0.384. The molecule has 0 unspecified atom stereocenters. The summed E-state index contributed by atoms with van der Waals surface area (Å²) >= 11 is 0. The molecule has 136 valence electrons. The van der Waals surface area contributed by atoms with Crippen LogP contribution >= 0.6 is 0 Å². The Hall–Kier alpha value is -2.19. The van der Waals surface area contributed by atoms with E-state index in [-0.39, 0.29) is 11.7 Å². The molecule has 0 aliphatic carbocycles. The number of non-ortho nitro benzene ring substituents is 1. The van der Waals surface area contributed by atoms with Gasteiger partial charge in [-0.3, -0.25) is 15.0 Å². The van der Waals surface area contributed by atoms with E-state index in [9.17, 15) is 14.9 Å². The standard InChI is InChI=1S/C17H24N4O4/c22-17(18-14-4-1-5-15(12-14)21(23)24)20-8-3-7-19(9-10-20)13-16-6-2-11-25-16/h1,4-5,12,16H,2-3,6-11,13H2,(H,18,22)/t16-/m0/s1. The van der Waals surface area contributed by atoms with Gasteiger partial charge < -0.3 is 15.0 Å². The lowest BCUT2D eigenvalue weighted by Gasteiger charge is -2.24. The summed E-state index contributed by atoms with van der Waals surface area (Å²) in [6, 6.07) is 5.80. The van der Waals surface area contributed by atoms with Crippen LogP contribution in [0.15, 0.2) is 24.3 Å². The number of nitrogens with one attached hydrogen (secondary N) is 1. The van der Waals surface area contributed by atoms with Crippen LogP contribution in [0.1, 0.15) is 19.3 Å². The van der Waals surface area contributed by atoms with Gasteiger partial charge >= 0.3 is 6.03 Å². The van der Waals surface area contributed by atoms with Gasteiger partial charge in [0.1, 0.15) is 0 Å². The minimum atomic E-state index is -0.468. The topological polar surface area (TPSA) is 87.9 Å². The fraction of sp³-hybridized carbons (Fsp3) is 0.588. The molecule has 3 rings (SSSR count). The summed E-state index contributed by atoms with van der Waals surface area (Å²) in [6.45, 7) is 4.90. The van der Waals surface area contributed by atoms with Crippen molar-refractivity contribution in [2.45, 2.75) is 25.4 Å². The van der Waals surface area contributed by atoms with Crippen LogP contribution in [0.3, 0.4) is 0 Å². The number of benzene rings is 1. The summed E-state index contributed by atoms with van der Waals surface area (Å²) in [5, 5.41) is 13.6. The average molecular weight is 348 g/mol. The number of nitrogens with zero attached hydrogens (tertiary/aromatic N) is 3. The van der Waals surface area contributed by atoms with Crippen molar-refractivity contribution in [2.75, 3.05) is 44.6 Å². The lowest BCUT2D eigenvalue weighted by atomic mass is 10.2. The van der Waals surface area contributed by atoms with Gasteiger partial charge in [0.15, 0.2) is 0 Å². The van der Waals surface area contributed by atoms with E-state index in [1.54, 1.807) is 17.0 Å². The molecule has 2 heterocycles. The number of anilines is 1. The molecular weight excluding hydrogens is 324 g/mol. The van der Waals surface area contributed by atoms with Gasteiger partial charge in [0.25, 0.3) is 5.69 Å². The molecular formula is C17H24N4O4. The third-order valence-corrected chi connectivity index (χ3v) is 4.67. The maximum absolute atomic E-state index is 12.5. The number of carbonyl (C=O) groups is 1. The third kappa shape index (κ3) is 4.90. The Kier molecular flexibility index (Phi) is 5.83. The molecule has 0 aromatic heterocycles. The average Bonchev–Trinajstić information content (AvgIpc) is 2.99. The highest BCUT2D eigenvalue weighted by Gasteiger charge is 2.23. The van der Waals surface area contributed by atoms with Crippen LogP contribution in [0.5, 0.6) is 0 Å². The highest BCUT2D eigenvalue weighted by atomic mass is 16.6. The number of urea groups is 1. The summed E-state index contributed by atoms with van der Waals surface area (Å²) in [4.78, 5) is 26.9. The van der Waals surface area contributed by atoms with Crippen LogP contribution in [0, 0.1) is 10.1 Å². The number of nitro benzene ring substituents is 1.